The van der Waals surface area contributed by atoms with Gasteiger partial charge in [0.1, 0.15) is 0 Å². The van der Waals surface area contributed by atoms with Crippen LogP contribution >= 0.6 is 0 Å². The van der Waals surface area contributed by atoms with Crippen molar-refractivity contribution < 1.29 is 0 Å². The van der Waals surface area contributed by atoms with Gasteiger partial charge in [-0.15, -0.1) is 0 Å². The van der Waals surface area contributed by atoms with Crippen LogP contribution in [0.5, 0.6) is 0 Å². The Morgan fingerprint density at radius 1 is 1.24 bits per heavy atom. The fraction of sp³-hybridized carbons (Fsp3) is 0.625. The smallest absolute Gasteiger partial charge is 0.0374 e. The molecule has 0 amide bonds. The van der Waals surface area contributed by atoms with Crippen molar-refractivity contribution in [2.45, 2.75) is 52.5 Å². The molecule has 2 rings (SSSR count). The molecule has 1 aliphatic rings. The van der Waals surface area contributed by atoms with Crippen molar-refractivity contribution in [1.82, 2.24) is 0 Å². The minimum absolute atomic E-state index is 0.709. The van der Waals surface area contributed by atoms with Gasteiger partial charge in [0.25, 0.3) is 0 Å². The van der Waals surface area contributed by atoms with E-state index in [4.69, 9.17) is 0 Å². The van der Waals surface area contributed by atoms with E-state index in [9.17, 15) is 0 Å². The topological polar surface area (TPSA) is 12.0 Å². The van der Waals surface area contributed by atoms with E-state index in [1.165, 1.54) is 36.9 Å². The zero-order valence-corrected chi connectivity index (χ0v) is 11.4. The highest BCUT2D eigenvalue weighted by atomic mass is 14.9. The average molecular weight is 231 g/mol. The van der Waals surface area contributed by atoms with E-state index in [1.807, 2.05) is 0 Å². The second-order valence-corrected chi connectivity index (χ2v) is 5.72. The number of benzene rings is 1. The molecule has 0 radical (unpaired) electrons. The molecule has 1 nitrogen and oxygen atoms in total. The van der Waals surface area contributed by atoms with Gasteiger partial charge in [-0.05, 0) is 42.7 Å². The van der Waals surface area contributed by atoms with Crippen molar-refractivity contribution >= 4 is 5.69 Å². The Morgan fingerprint density at radius 3 is 2.59 bits per heavy atom. The second kappa shape index (κ2) is 5.57. The summed E-state index contributed by atoms with van der Waals surface area (Å²) >= 11 is 0. The molecule has 1 aliphatic carbocycles. The van der Waals surface area contributed by atoms with Crippen LogP contribution in [-0.2, 0) is 6.42 Å². The number of para-hydroxylation sites is 1. The standard InChI is InChI=1S/C16H25N/c1-4-7-13-8-5-6-9-16(13)17-15-10-14(11-15)12(2)3/h5-6,8-9,12,14-15,17H,4,7,10-11H2,1-3H3. The molecule has 17 heavy (non-hydrogen) atoms. The molecule has 0 saturated heterocycles. The van der Waals surface area contributed by atoms with Gasteiger partial charge in [-0.3, -0.25) is 0 Å². The highest BCUT2D eigenvalue weighted by Crippen LogP contribution is 2.36. The summed E-state index contributed by atoms with van der Waals surface area (Å²) < 4.78 is 0. The lowest BCUT2D eigenvalue weighted by molar-refractivity contribution is 0.212. The van der Waals surface area contributed by atoms with Gasteiger partial charge in [-0.2, -0.15) is 0 Å². The van der Waals surface area contributed by atoms with E-state index in [-0.39, 0.29) is 0 Å². The van der Waals surface area contributed by atoms with Crippen LogP contribution in [0.3, 0.4) is 0 Å². The largest absolute Gasteiger partial charge is 0.382 e. The summed E-state index contributed by atoms with van der Waals surface area (Å²) in [6.45, 7) is 6.92. The normalized spacial score (nSPS) is 23.5. The number of rotatable bonds is 5. The summed E-state index contributed by atoms with van der Waals surface area (Å²) in [4.78, 5) is 0. The van der Waals surface area contributed by atoms with Crippen molar-refractivity contribution in [2.24, 2.45) is 11.8 Å². The molecule has 0 atom stereocenters. The molecule has 0 heterocycles. The van der Waals surface area contributed by atoms with Crippen LogP contribution in [0.1, 0.15) is 45.6 Å². The van der Waals surface area contributed by atoms with Crippen LogP contribution < -0.4 is 5.32 Å². The van der Waals surface area contributed by atoms with Crippen LogP contribution in [0, 0.1) is 11.8 Å². The maximum absolute atomic E-state index is 3.72. The van der Waals surface area contributed by atoms with E-state index in [0.29, 0.717) is 6.04 Å². The first-order chi connectivity index (χ1) is 8.20. The molecule has 1 saturated carbocycles. The van der Waals surface area contributed by atoms with Crippen LogP contribution in [-0.4, -0.2) is 6.04 Å². The number of aryl methyl sites for hydroxylation is 1. The van der Waals surface area contributed by atoms with Crippen molar-refractivity contribution in [3.05, 3.63) is 29.8 Å². The Hall–Kier alpha value is -0.980. The fourth-order valence-electron chi connectivity index (χ4n) is 2.69. The van der Waals surface area contributed by atoms with Crippen molar-refractivity contribution in [3.63, 3.8) is 0 Å². The minimum Gasteiger partial charge on any atom is -0.382 e. The van der Waals surface area contributed by atoms with E-state index in [1.54, 1.807) is 0 Å². The molecular weight excluding hydrogens is 206 g/mol. The molecule has 94 valence electrons. The van der Waals surface area contributed by atoms with Crippen molar-refractivity contribution in [3.8, 4) is 0 Å². The summed E-state index contributed by atoms with van der Waals surface area (Å²) in [5, 5.41) is 3.72. The van der Waals surface area contributed by atoms with Gasteiger partial charge in [0.15, 0.2) is 0 Å². The lowest BCUT2D eigenvalue weighted by Gasteiger charge is -2.39. The van der Waals surface area contributed by atoms with Gasteiger partial charge in [-0.25, -0.2) is 0 Å². The van der Waals surface area contributed by atoms with Crippen molar-refractivity contribution in [2.75, 3.05) is 5.32 Å². The predicted octanol–water partition coefficient (Wildman–Crippen LogP) is 4.49. The number of hydrogen-bond acceptors (Lipinski definition) is 1. The van der Waals surface area contributed by atoms with Crippen LogP contribution in [0.2, 0.25) is 0 Å². The maximum Gasteiger partial charge on any atom is 0.0374 e. The quantitative estimate of drug-likeness (QED) is 0.787. The number of nitrogens with one attached hydrogen (secondary N) is 1. The van der Waals surface area contributed by atoms with E-state index in [2.05, 4.69) is 50.4 Å². The van der Waals surface area contributed by atoms with Gasteiger partial charge < -0.3 is 5.32 Å². The third-order valence-electron chi connectivity index (χ3n) is 4.01. The number of hydrogen-bond donors (Lipinski definition) is 1. The lowest BCUT2D eigenvalue weighted by Crippen LogP contribution is -2.38. The lowest BCUT2D eigenvalue weighted by atomic mass is 9.73. The molecule has 0 aliphatic heterocycles. The summed E-state index contributed by atoms with van der Waals surface area (Å²) in [6, 6.07) is 9.48. The Kier molecular flexibility index (Phi) is 4.09. The zero-order valence-electron chi connectivity index (χ0n) is 11.4. The molecule has 0 aromatic heterocycles. The molecule has 0 unspecified atom stereocenters. The van der Waals surface area contributed by atoms with Gasteiger partial charge in [-0.1, -0.05) is 45.4 Å². The monoisotopic (exact) mass is 231 g/mol. The minimum atomic E-state index is 0.709. The third-order valence-corrected chi connectivity index (χ3v) is 4.01. The van der Waals surface area contributed by atoms with Crippen LogP contribution in [0.4, 0.5) is 5.69 Å². The molecular formula is C16H25N. The number of anilines is 1. The molecule has 1 heteroatoms. The Bertz CT molecular complexity index is 350. The van der Waals surface area contributed by atoms with Gasteiger partial charge in [0.05, 0.1) is 0 Å². The van der Waals surface area contributed by atoms with Gasteiger partial charge in [0, 0.05) is 11.7 Å². The fourth-order valence-corrected chi connectivity index (χ4v) is 2.69. The summed E-state index contributed by atoms with van der Waals surface area (Å²) in [7, 11) is 0. The molecule has 1 N–H and O–H groups in total. The van der Waals surface area contributed by atoms with Gasteiger partial charge >= 0.3 is 0 Å². The predicted molar refractivity (Wildman–Crippen MR) is 75.4 cm³/mol. The summed E-state index contributed by atoms with van der Waals surface area (Å²) in [6.07, 6.45) is 5.09. The van der Waals surface area contributed by atoms with Crippen LogP contribution in [0.15, 0.2) is 24.3 Å². The highest BCUT2D eigenvalue weighted by Gasteiger charge is 2.31. The summed E-state index contributed by atoms with van der Waals surface area (Å²) in [5.41, 5.74) is 2.84. The maximum atomic E-state index is 3.72. The SMILES string of the molecule is CCCc1ccccc1NC1CC(C(C)C)C1. The highest BCUT2D eigenvalue weighted by molar-refractivity contribution is 5.52. The Labute approximate surface area is 106 Å². The van der Waals surface area contributed by atoms with E-state index < -0.39 is 0 Å². The molecule has 0 spiro atoms. The Morgan fingerprint density at radius 2 is 1.94 bits per heavy atom. The molecule has 1 aromatic carbocycles. The van der Waals surface area contributed by atoms with Gasteiger partial charge in [0.2, 0.25) is 0 Å². The molecule has 1 fully saturated rings. The molecule has 0 bridgehead atoms. The summed E-state index contributed by atoms with van der Waals surface area (Å²) in [5.74, 6) is 1.78. The first kappa shape index (κ1) is 12.5. The first-order valence-electron chi connectivity index (χ1n) is 7.05. The van der Waals surface area contributed by atoms with Crippen molar-refractivity contribution in [1.29, 1.82) is 0 Å². The first-order valence-corrected chi connectivity index (χ1v) is 7.05. The van der Waals surface area contributed by atoms with Crippen LogP contribution in [0.25, 0.3) is 0 Å². The molecule has 1 aromatic rings. The zero-order chi connectivity index (χ0) is 12.3. The second-order valence-electron chi connectivity index (χ2n) is 5.72. The van der Waals surface area contributed by atoms with E-state index >= 15 is 0 Å². The van der Waals surface area contributed by atoms with E-state index in [0.717, 1.165) is 11.8 Å². The Balaban J connectivity index is 1.91. The third kappa shape index (κ3) is 3.02. The average Bonchev–Trinajstić information content (AvgIpc) is 2.24.